The smallest absolute Gasteiger partial charge is 0.323 e. The first-order chi connectivity index (χ1) is 8.79. The van der Waals surface area contributed by atoms with Gasteiger partial charge in [0.05, 0.1) is 7.11 Å². The summed E-state index contributed by atoms with van der Waals surface area (Å²) < 4.78 is 10.4. The summed E-state index contributed by atoms with van der Waals surface area (Å²) in [6.07, 6.45) is 3.10. The van der Waals surface area contributed by atoms with Crippen molar-refractivity contribution in [2.24, 2.45) is 0 Å². The second kappa shape index (κ2) is 6.40. The molecule has 0 spiro atoms. The van der Waals surface area contributed by atoms with Gasteiger partial charge < -0.3 is 14.8 Å². The fourth-order valence-corrected chi connectivity index (χ4v) is 2.07. The molecular formula is C14H19NO3. The summed E-state index contributed by atoms with van der Waals surface area (Å²) in [7, 11) is 1.62. The minimum atomic E-state index is -0.155. The first-order valence-electron chi connectivity index (χ1n) is 6.32. The van der Waals surface area contributed by atoms with Crippen LogP contribution in [0.2, 0.25) is 0 Å². The van der Waals surface area contributed by atoms with Gasteiger partial charge >= 0.3 is 5.97 Å². The summed E-state index contributed by atoms with van der Waals surface area (Å²) in [5.41, 5.74) is 0.943. The van der Waals surface area contributed by atoms with Gasteiger partial charge in [0.1, 0.15) is 18.4 Å². The van der Waals surface area contributed by atoms with Crippen LogP contribution in [0.25, 0.3) is 0 Å². The topological polar surface area (TPSA) is 47.6 Å². The molecule has 0 aromatic heterocycles. The number of carbonyl (C=O) groups is 1. The molecule has 4 heteroatoms. The molecule has 98 valence electrons. The van der Waals surface area contributed by atoms with E-state index in [1.165, 1.54) is 0 Å². The number of hydrogen-bond acceptors (Lipinski definition) is 4. The second-order valence-corrected chi connectivity index (χ2v) is 4.46. The highest BCUT2D eigenvalue weighted by Crippen LogP contribution is 2.14. The van der Waals surface area contributed by atoms with Crippen LogP contribution in [0, 0.1) is 0 Å². The molecule has 1 atom stereocenters. The number of esters is 1. The summed E-state index contributed by atoms with van der Waals surface area (Å²) in [5, 5.41) is 3.18. The van der Waals surface area contributed by atoms with Gasteiger partial charge in [-0.25, -0.2) is 0 Å². The molecule has 2 rings (SSSR count). The molecule has 1 unspecified atom stereocenters. The third kappa shape index (κ3) is 3.47. The predicted molar refractivity (Wildman–Crippen MR) is 68.4 cm³/mol. The van der Waals surface area contributed by atoms with Crippen LogP contribution < -0.4 is 10.1 Å². The summed E-state index contributed by atoms with van der Waals surface area (Å²) in [6.45, 7) is 1.20. The fourth-order valence-electron chi connectivity index (χ4n) is 2.07. The Morgan fingerprint density at radius 2 is 2.33 bits per heavy atom. The van der Waals surface area contributed by atoms with E-state index in [2.05, 4.69) is 5.32 Å². The molecule has 1 aliphatic heterocycles. The quantitative estimate of drug-likeness (QED) is 0.828. The number of hydrogen-bond donors (Lipinski definition) is 1. The molecule has 18 heavy (non-hydrogen) atoms. The first-order valence-corrected chi connectivity index (χ1v) is 6.32. The second-order valence-electron chi connectivity index (χ2n) is 4.46. The number of carbonyl (C=O) groups excluding carboxylic acids is 1. The zero-order valence-corrected chi connectivity index (χ0v) is 10.6. The maximum atomic E-state index is 11.8. The average Bonchev–Trinajstić information content (AvgIpc) is 2.46. The maximum Gasteiger partial charge on any atom is 0.323 e. The Hall–Kier alpha value is -1.55. The van der Waals surface area contributed by atoms with E-state index in [0.717, 1.165) is 37.1 Å². The lowest BCUT2D eigenvalue weighted by molar-refractivity contribution is -0.148. The van der Waals surface area contributed by atoms with E-state index in [9.17, 15) is 4.79 Å². The van der Waals surface area contributed by atoms with Crippen LogP contribution in [0.4, 0.5) is 0 Å². The van der Waals surface area contributed by atoms with Gasteiger partial charge in [0, 0.05) is 0 Å². The molecule has 1 heterocycles. The zero-order valence-electron chi connectivity index (χ0n) is 10.6. The van der Waals surface area contributed by atoms with Crippen LogP contribution in [-0.2, 0) is 16.1 Å². The number of piperidine rings is 1. The number of methoxy groups -OCH3 is 1. The van der Waals surface area contributed by atoms with Crippen LogP contribution in [-0.4, -0.2) is 25.7 Å². The Kier molecular flexibility index (Phi) is 4.59. The van der Waals surface area contributed by atoms with Gasteiger partial charge in [-0.2, -0.15) is 0 Å². The highest BCUT2D eigenvalue weighted by atomic mass is 16.5. The Labute approximate surface area is 107 Å². The molecule has 1 saturated heterocycles. The summed E-state index contributed by atoms with van der Waals surface area (Å²) in [4.78, 5) is 11.8. The largest absolute Gasteiger partial charge is 0.497 e. The molecule has 4 nitrogen and oxygen atoms in total. The third-order valence-electron chi connectivity index (χ3n) is 3.11. The van der Waals surface area contributed by atoms with E-state index in [0.29, 0.717) is 6.61 Å². The summed E-state index contributed by atoms with van der Waals surface area (Å²) in [6, 6.07) is 7.42. The lowest BCUT2D eigenvalue weighted by Gasteiger charge is -2.21. The van der Waals surface area contributed by atoms with Crippen LogP contribution >= 0.6 is 0 Å². The molecule has 0 radical (unpaired) electrons. The molecular weight excluding hydrogens is 230 g/mol. The lowest BCUT2D eigenvalue weighted by Crippen LogP contribution is -2.41. The standard InChI is InChI=1S/C14H19NO3/c1-17-12-6-4-5-11(9-12)10-18-14(16)13-7-2-3-8-15-13/h4-6,9,13,15H,2-3,7-8,10H2,1H3. The Bertz CT molecular complexity index is 400. The zero-order chi connectivity index (χ0) is 12.8. The van der Waals surface area contributed by atoms with E-state index in [1.807, 2.05) is 24.3 Å². The van der Waals surface area contributed by atoms with E-state index in [-0.39, 0.29) is 12.0 Å². The molecule has 1 aromatic carbocycles. The van der Waals surface area contributed by atoms with Crippen LogP contribution in [0.3, 0.4) is 0 Å². The van der Waals surface area contributed by atoms with Crippen molar-refractivity contribution in [3.05, 3.63) is 29.8 Å². The van der Waals surface area contributed by atoms with Gasteiger partial charge in [-0.05, 0) is 37.1 Å². The van der Waals surface area contributed by atoms with Gasteiger partial charge in [-0.1, -0.05) is 18.6 Å². The normalized spacial score (nSPS) is 19.3. The molecule has 1 aliphatic rings. The van der Waals surface area contributed by atoms with Gasteiger partial charge in [0.2, 0.25) is 0 Å². The molecule has 1 fully saturated rings. The van der Waals surface area contributed by atoms with Crippen LogP contribution in [0.15, 0.2) is 24.3 Å². The van der Waals surface area contributed by atoms with Crippen molar-refractivity contribution in [2.75, 3.05) is 13.7 Å². The minimum Gasteiger partial charge on any atom is -0.497 e. The van der Waals surface area contributed by atoms with Crippen molar-refractivity contribution in [1.29, 1.82) is 0 Å². The summed E-state index contributed by atoms with van der Waals surface area (Å²) >= 11 is 0. The van der Waals surface area contributed by atoms with Crippen molar-refractivity contribution in [3.8, 4) is 5.75 Å². The first kappa shape index (κ1) is 12.9. The predicted octanol–water partition coefficient (Wildman–Crippen LogP) is 1.88. The van der Waals surface area contributed by atoms with E-state index < -0.39 is 0 Å². The average molecular weight is 249 g/mol. The monoisotopic (exact) mass is 249 g/mol. The number of rotatable bonds is 4. The van der Waals surface area contributed by atoms with Gasteiger partial charge in [-0.3, -0.25) is 4.79 Å². The van der Waals surface area contributed by atoms with E-state index >= 15 is 0 Å². The van der Waals surface area contributed by atoms with Crippen molar-refractivity contribution in [2.45, 2.75) is 31.9 Å². The van der Waals surface area contributed by atoms with Crippen LogP contribution in [0.5, 0.6) is 5.75 Å². The fraction of sp³-hybridized carbons (Fsp3) is 0.500. The summed E-state index contributed by atoms with van der Waals surface area (Å²) in [5.74, 6) is 0.622. The van der Waals surface area contributed by atoms with Gasteiger partial charge in [-0.15, -0.1) is 0 Å². The molecule has 0 saturated carbocycles. The van der Waals surface area contributed by atoms with Crippen LogP contribution in [0.1, 0.15) is 24.8 Å². The van der Waals surface area contributed by atoms with Crippen molar-refractivity contribution in [3.63, 3.8) is 0 Å². The number of benzene rings is 1. The third-order valence-corrected chi connectivity index (χ3v) is 3.11. The van der Waals surface area contributed by atoms with E-state index in [1.54, 1.807) is 7.11 Å². The Morgan fingerprint density at radius 1 is 1.44 bits per heavy atom. The van der Waals surface area contributed by atoms with Gasteiger partial charge in [0.15, 0.2) is 0 Å². The minimum absolute atomic E-state index is 0.135. The SMILES string of the molecule is COc1cccc(COC(=O)C2CCCCN2)c1. The van der Waals surface area contributed by atoms with Crippen molar-refractivity contribution in [1.82, 2.24) is 5.32 Å². The Morgan fingerprint density at radius 3 is 3.06 bits per heavy atom. The lowest BCUT2D eigenvalue weighted by atomic mass is 10.1. The molecule has 1 N–H and O–H groups in total. The van der Waals surface area contributed by atoms with E-state index in [4.69, 9.17) is 9.47 Å². The Balaban J connectivity index is 1.84. The van der Waals surface area contributed by atoms with Crippen molar-refractivity contribution >= 4 is 5.97 Å². The molecule has 0 aliphatic carbocycles. The number of nitrogens with one attached hydrogen (secondary N) is 1. The highest BCUT2D eigenvalue weighted by Gasteiger charge is 2.21. The molecule has 1 aromatic rings. The van der Waals surface area contributed by atoms with Gasteiger partial charge in [0.25, 0.3) is 0 Å². The van der Waals surface area contributed by atoms with Crippen molar-refractivity contribution < 1.29 is 14.3 Å². The number of ether oxygens (including phenoxy) is 2. The maximum absolute atomic E-state index is 11.8. The molecule has 0 amide bonds. The molecule has 0 bridgehead atoms. The highest BCUT2D eigenvalue weighted by molar-refractivity contribution is 5.75.